The molecule has 0 saturated heterocycles. The molecular weight excluding hydrogens is 268 g/mol. The number of nitrogens with two attached hydrogens (primary N) is 1. The van der Waals surface area contributed by atoms with Crippen molar-refractivity contribution >= 4 is 11.9 Å². The molecule has 114 valence electrons. The first-order valence-corrected chi connectivity index (χ1v) is 7.27. The highest BCUT2D eigenvalue weighted by atomic mass is 16.4. The van der Waals surface area contributed by atoms with Gasteiger partial charge < -0.3 is 15.7 Å². The molecule has 0 aliphatic carbocycles. The third-order valence-corrected chi connectivity index (χ3v) is 4.10. The normalized spacial score (nSPS) is 19.2. The zero-order valence-electron chi connectivity index (χ0n) is 12.5. The van der Waals surface area contributed by atoms with E-state index in [1.165, 1.54) is 4.90 Å². The molecule has 0 fully saturated rings. The zero-order valence-corrected chi connectivity index (χ0v) is 12.5. The molecule has 0 radical (unpaired) electrons. The lowest BCUT2D eigenvalue weighted by Crippen LogP contribution is -2.45. The molecule has 0 spiro atoms. The Balaban J connectivity index is 2.24. The standard InChI is InChI=1S/C16H22N2O3/c1-10(2)13(17)9-14(19)18-8-7-11-5-3-4-6-12(11)15(18)16(20)21/h3-6,10,13,15H,7-9,17H2,1-2H3,(H,20,21). The van der Waals surface area contributed by atoms with Crippen LogP contribution in [-0.2, 0) is 16.0 Å². The molecule has 0 saturated carbocycles. The van der Waals surface area contributed by atoms with Crippen molar-refractivity contribution in [2.24, 2.45) is 11.7 Å². The van der Waals surface area contributed by atoms with Crippen LogP contribution in [0.5, 0.6) is 0 Å². The molecule has 1 aliphatic rings. The molecule has 1 aliphatic heterocycles. The minimum absolute atomic E-state index is 0.182. The Bertz CT molecular complexity index is 542. The van der Waals surface area contributed by atoms with Crippen LogP contribution in [0, 0.1) is 5.92 Å². The average molecular weight is 290 g/mol. The van der Waals surface area contributed by atoms with Gasteiger partial charge in [-0.1, -0.05) is 38.1 Å². The van der Waals surface area contributed by atoms with Gasteiger partial charge in [-0.25, -0.2) is 4.79 Å². The van der Waals surface area contributed by atoms with Gasteiger partial charge in [0, 0.05) is 19.0 Å². The maximum Gasteiger partial charge on any atom is 0.331 e. The number of carbonyl (C=O) groups is 2. The SMILES string of the molecule is CC(C)C(N)CC(=O)N1CCc2ccccc2C1C(=O)O. The van der Waals surface area contributed by atoms with Gasteiger partial charge in [-0.3, -0.25) is 4.79 Å². The van der Waals surface area contributed by atoms with E-state index in [1.54, 1.807) is 6.07 Å². The zero-order chi connectivity index (χ0) is 15.6. The van der Waals surface area contributed by atoms with E-state index in [4.69, 9.17) is 5.73 Å². The van der Waals surface area contributed by atoms with Crippen molar-refractivity contribution < 1.29 is 14.7 Å². The second kappa shape index (κ2) is 6.26. The largest absolute Gasteiger partial charge is 0.479 e. The Morgan fingerprint density at radius 3 is 2.67 bits per heavy atom. The van der Waals surface area contributed by atoms with Gasteiger partial charge in [0.1, 0.15) is 0 Å². The Hall–Kier alpha value is -1.88. The summed E-state index contributed by atoms with van der Waals surface area (Å²) in [5, 5.41) is 9.52. The molecule has 5 heteroatoms. The highest BCUT2D eigenvalue weighted by Crippen LogP contribution is 2.30. The number of amides is 1. The summed E-state index contributed by atoms with van der Waals surface area (Å²) in [6.07, 6.45) is 0.867. The van der Waals surface area contributed by atoms with E-state index in [2.05, 4.69) is 0 Å². The van der Waals surface area contributed by atoms with Gasteiger partial charge in [-0.2, -0.15) is 0 Å². The number of carboxylic acids is 1. The van der Waals surface area contributed by atoms with Gasteiger partial charge >= 0.3 is 5.97 Å². The lowest BCUT2D eigenvalue weighted by molar-refractivity contribution is -0.151. The number of hydrogen-bond donors (Lipinski definition) is 2. The van der Waals surface area contributed by atoms with Crippen molar-refractivity contribution in [3.63, 3.8) is 0 Å². The fourth-order valence-electron chi connectivity index (χ4n) is 2.66. The predicted octanol–water partition coefficient (Wildman–Crippen LogP) is 1.57. The fraction of sp³-hybridized carbons (Fsp3) is 0.500. The van der Waals surface area contributed by atoms with Crippen molar-refractivity contribution in [1.29, 1.82) is 0 Å². The van der Waals surface area contributed by atoms with Gasteiger partial charge in [0.25, 0.3) is 0 Å². The first kappa shape index (κ1) is 15.5. The Labute approximate surface area is 124 Å². The van der Waals surface area contributed by atoms with Crippen LogP contribution >= 0.6 is 0 Å². The first-order valence-electron chi connectivity index (χ1n) is 7.27. The summed E-state index contributed by atoms with van der Waals surface area (Å²) < 4.78 is 0. The van der Waals surface area contributed by atoms with Crippen LogP contribution in [0.1, 0.15) is 37.4 Å². The van der Waals surface area contributed by atoms with Crippen LogP contribution in [0.4, 0.5) is 0 Å². The van der Waals surface area contributed by atoms with Gasteiger partial charge in [0.2, 0.25) is 5.91 Å². The number of rotatable bonds is 4. The first-order chi connectivity index (χ1) is 9.91. The lowest BCUT2D eigenvalue weighted by atomic mass is 9.91. The summed E-state index contributed by atoms with van der Waals surface area (Å²) in [4.78, 5) is 25.5. The highest BCUT2D eigenvalue weighted by molar-refractivity contribution is 5.85. The third kappa shape index (κ3) is 3.24. The molecule has 1 aromatic rings. The molecule has 0 aromatic heterocycles. The van der Waals surface area contributed by atoms with E-state index < -0.39 is 12.0 Å². The maximum absolute atomic E-state index is 12.4. The van der Waals surface area contributed by atoms with Crippen molar-refractivity contribution in [3.05, 3.63) is 35.4 Å². The molecule has 2 rings (SSSR count). The fourth-order valence-corrected chi connectivity index (χ4v) is 2.66. The molecule has 0 bridgehead atoms. The minimum atomic E-state index is -0.992. The average Bonchev–Trinajstić information content (AvgIpc) is 2.45. The second-order valence-corrected chi connectivity index (χ2v) is 5.89. The van der Waals surface area contributed by atoms with Gasteiger partial charge in [-0.05, 0) is 23.5 Å². The van der Waals surface area contributed by atoms with E-state index in [9.17, 15) is 14.7 Å². The van der Waals surface area contributed by atoms with Gasteiger partial charge in [0.15, 0.2) is 6.04 Å². The summed E-state index contributed by atoms with van der Waals surface area (Å²) in [6.45, 7) is 4.34. The summed E-state index contributed by atoms with van der Waals surface area (Å²) in [5.41, 5.74) is 7.66. The number of carbonyl (C=O) groups excluding carboxylic acids is 1. The molecule has 3 N–H and O–H groups in total. The van der Waals surface area contributed by atoms with Crippen LogP contribution in [0.25, 0.3) is 0 Å². The van der Waals surface area contributed by atoms with Gasteiger partial charge in [-0.15, -0.1) is 0 Å². The van der Waals surface area contributed by atoms with Crippen molar-refractivity contribution in [3.8, 4) is 0 Å². The smallest absolute Gasteiger partial charge is 0.331 e. The number of fused-ring (bicyclic) bond motifs is 1. The van der Waals surface area contributed by atoms with Crippen LogP contribution in [-0.4, -0.2) is 34.5 Å². The predicted molar refractivity (Wildman–Crippen MR) is 79.7 cm³/mol. The molecule has 2 atom stereocenters. The summed E-state index contributed by atoms with van der Waals surface area (Å²) in [5.74, 6) is -0.985. The Morgan fingerprint density at radius 2 is 2.05 bits per heavy atom. The number of hydrogen-bond acceptors (Lipinski definition) is 3. The van der Waals surface area contributed by atoms with Crippen molar-refractivity contribution in [2.45, 2.75) is 38.8 Å². The van der Waals surface area contributed by atoms with E-state index in [1.807, 2.05) is 32.0 Å². The Kier molecular flexibility index (Phi) is 4.63. The molecule has 2 unspecified atom stereocenters. The van der Waals surface area contributed by atoms with E-state index in [0.29, 0.717) is 18.5 Å². The number of benzene rings is 1. The maximum atomic E-state index is 12.4. The van der Waals surface area contributed by atoms with Gasteiger partial charge in [0.05, 0.1) is 0 Å². The van der Waals surface area contributed by atoms with E-state index >= 15 is 0 Å². The molecule has 21 heavy (non-hydrogen) atoms. The summed E-state index contributed by atoms with van der Waals surface area (Å²) >= 11 is 0. The number of nitrogens with zero attached hydrogens (tertiary/aromatic N) is 1. The van der Waals surface area contributed by atoms with Crippen molar-refractivity contribution in [2.75, 3.05) is 6.54 Å². The van der Waals surface area contributed by atoms with Crippen LogP contribution in [0.3, 0.4) is 0 Å². The summed E-state index contributed by atoms with van der Waals surface area (Å²) in [6, 6.07) is 6.26. The number of aliphatic carboxylic acids is 1. The summed E-state index contributed by atoms with van der Waals surface area (Å²) in [7, 11) is 0. The molecule has 5 nitrogen and oxygen atoms in total. The molecule has 1 heterocycles. The topological polar surface area (TPSA) is 83.6 Å². The van der Waals surface area contributed by atoms with E-state index in [-0.39, 0.29) is 24.3 Å². The monoisotopic (exact) mass is 290 g/mol. The minimum Gasteiger partial charge on any atom is -0.479 e. The van der Waals surface area contributed by atoms with Crippen molar-refractivity contribution in [1.82, 2.24) is 4.90 Å². The lowest BCUT2D eigenvalue weighted by Gasteiger charge is -2.35. The second-order valence-electron chi connectivity index (χ2n) is 5.89. The highest BCUT2D eigenvalue weighted by Gasteiger charge is 2.36. The quantitative estimate of drug-likeness (QED) is 0.881. The van der Waals surface area contributed by atoms with Crippen LogP contribution < -0.4 is 5.73 Å². The van der Waals surface area contributed by atoms with Crippen LogP contribution in [0.2, 0.25) is 0 Å². The molecule has 1 amide bonds. The van der Waals surface area contributed by atoms with Crippen LogP contribution in [0.15, 0.2) is 24.3 Å². The number of carboxylic acid groups (broad SMARTS) is 1. The third-order valence-electron chi connectivity index (χ3n) is 4.10. The molecule has 1 aromatic carbocycles. The molecular formula is C16H22N2O3. The van der Waals surface area contributed by atoms with E-state index in [0.717, 1.165) is 5.56 Å². The Morgan fingerprint density at radius 1 is 1.38 bits per heavy atom.